The number of carboxylic acid groups (broad SMARTS) is 1. The quantitative estimate of drug-likeness (QED) is 0.708. The molecule has 0 unspecified atom stereocenters. The summed E-state index contributed by atoms with van der Waals surface area (Å²) < 4.78 is 0.939. The number of carbonyl (C=O) groups excluding carboxylic acids is 1. The minimum Gasteiger partial charge on any atom is -0.479 e. The standard InChI is InChI=1S/C12H12BrNO4/c13-9-4-1-8(2-5-9)3-6-11(16)14-7-10(15)12(17)18/h1-6,10,15H,7H2,(H,14,16)(H,17,18)/b6-3+/t10-/m0/s1. The molecule has 0 aliphatic rings. The number of rotatable bonds is 5. The number of hydrogen-bond donors (Lipinski definition) is 3. The monoisotopic (exact) mass is 313 g/mol. The molecule has 0 heterocycles. The Morgan fingerprint density at radius 2 is 1.94 bits per heavy atom. The molecule has 96 valence electrons. The third kappa shape index (κ3) is 5.11. The van der Waals surface area contributed by atoms with Crippen molar-refractivity contribution in [3.8, 4) is 0 Å². The van der Waals surface area contributed by atoms with Gasteiger partial charge in [-0.15, -0.1) is 0 Å². The van der Waals surface area contributed by atoms with Crippen LogP contribution in [0.1, 0.15) is 5.56 Å². The highest BCUT2D eigenvalue weighted by atomic mass is 79.9. The van der Waals surface area contributed by atoms with Crippen LogP contribution in [0.15, 0.2) is 34.8 Å². The average molecular weight is 314 g/mol. The number of aliphatic hydroxyl groups is 1. The third-order valence-corrected chi connectivity index (χ3v) is 2.58. The summed E-state index contributed by atoms with van der Waals surface area (Å²) in [7, 11) is 0. The second kappa shape index (κ2) is 6.93. The van der Waals surface area contributed by atoms with Crippen molar-refractivity contribution in [3.63, 3.8) is 0 Å². The van der Waals surface area contributed by atoms with Crippen molar-refractivity contribution in [2.45, 2.75) is 6.10 Å². The zero-order chi connectivity index (χ0) is 13.5. The summed E-state index contributed by atoms with van der Waals surface area (Å²) in [6.45, 7) is -0.321. The Bertz CT molecular complexity index is 456. The molecule has 0 spiro atoms. The molecule has 0 aliphatic carbocycles. The molecule has 1 atom stereocenters. The van der Waals surface area contributed by atoms with E-state index in [-0.39, 0.29) is 6.54 Å². The van der Waals surface area contributed by atoms with E-state index in [0.29, 0.717) is 0 Å². The zero-order valence-electron chi connectivity index (χ0n) is 9.34. The SMILES string of the molecule is O=C(/C=C/c1ccc(Br)cc1)NC[C@H](O)C(=O)O. The van der Waals surface area contributed by atoms with Gasteiger partial charge < -0.3 is 15.5 Å². The lowest BCUT2D eigenvalue weighted by Gasteiger charge is -2.05. The van der Waals surface area contributed by atoms with Crippen LogP contribution in [0.5, 0.6) is 0 Å². The van der Waals surface area contributed by atoms with E-state index in [1.54, 1.807) is 6.08 Å². The summed E-state index contributed by atoms with van der Waals surface area (Å²) in [6.07, 6.45) is 1.28. The van der Waals surface area contributed by atoms with Gasteiger partial charge in [0.25, 0.3) is 0 Å². The van der Waals surface area contributed by atoms with Gasteiger partial charge in [0, 0.05) is 10.5 Å². The van der Waals surface area contributed by atoms with Crippen LogP contribution in [-0.2, 0) is 9.59 Å². The zero-order valence-corrected chi connectivity index (χ0v) is 10.9. The fraction of sp³-hybridized carbons (Fsp3) is 0.167. The van der Waals surface area contributed by atoms with Crippen LogP contribution in [0.4, 0.5) is 0 Å². The predicted molar refractivity (Wildman–Crippen MR) is 69.8 cm³/mol. The molecule has 0 saturated heterocycles. The van der Waals surface area contributed by atoms with E-state index in [1.165, 1.54) is 6.08 Å². The van der Waals surface area contributed by atoms with Crippen molar-refractivity contribution in [3.05, 3.63) is 40.4 Å². The van der Waals surface area contributed by atoms with Crippen LogP contribution in [0.25, 0.3) is 6.08 Å². The molecule has 0 bridgehead atoms. The number of amides is 1. The Balaban J connectivity index is 2.45. The van der Waals surface area contributed by atoms with E-state index >= 15 is 0 Å². The number of hydrogen-bond acceptors (Lipinski definition) is 3. The Labute approximate surface area is 112 Å². The molecule has 0 aliphatic heterocycles. The second-order valence-electron chi connectivity index (χ2n) is 3.48. The molecule has 0 aromatic heterocycles. The van der Waals surface area contributed by atoms with Crippen LogP contribution in [0.3, 0.4) is 0 Å². The van der Waals surface area contributed by atoms with Gasteiger partial charge in [-0.1, -0.05) is 28.1 Å². The molecule has 5 nitrogen and oxygen atoms in total. The number of carbonyl (C=O) groups is 2. The lowest BCUT2D eigenvalue weighted by atomic mass is 10.2. The summed E-state index contributed by atoms with van der Waals surface area (Å²) in [4.78, 5) is 21.6. The number of halogens is 1. The second-order valence-corrected chi connectivity index (χ2v) is 4.40. The molecule has 3 N–H and O–H groups in total. The van der Waals surface area contributed by atoms with Crippen LogP contribution in [0, 0.1) is 0 Å². The molecule has 18 heavy (non-hydrogen) atoms. The summed E-state index contributed by atoms with van der Waals surface area (Å²) in [6, 6.07) is 7.32. The first-order valence-electron chi connectivity index (χ1n) is 5.11. The third-order valence-electron chi connectivity index (χ3n) is 2.05. The lowest BCUT2D eigenvalue weighted by molar-refractivity contribution is -0.146. The van der Waals surface area contributed by atoms with Crippen LogP contribution in [-0.4, -0.2) is 34.7 Å². The van der Waals surface area contributed by atoms with Crippen molar-refractivity contribution >= 4 is 33.9 Å². The number of carboxylic acids is 1. The van der Waals surface area contributed by atoms with Gasteiger partial charge in [0.15, 0.2) is 6.10 Å². The number of benzene rings is 1. The van der Waals surface area contributed by atoms with Gasteiger partial charge in [0.2, 0.25) is 5.91 Å². The van der Waals surface area contributed by atoms with Gasteiger partial charge in [0.1, 0.15) is 0 Å². The highest BCUT2D eigenvalue weighted by molar-refractivity contribution is 9.10. The largest absolute Gasteiger partial charge is 0.479 e. The van der Waals surface area contributed by atoms with Crippen molar-refractivity contribution in [2.24, 2.45) is 0 Å². The lowest BCUT2D eigenvalue weighted by Crippen LogP contribution is -2.35. The molecule has 0 radical (unpaired) electrons. The van der Waals surface area contributed by atoms with Crippen LogP contribution in [0.2, 0.25) is 0 Å². The molecule has 1 rings (SSSR count). The van der Waals surface area contributed by atoms with Crippen LogP contribution < -0.4 is 5.32 Å². The van der Waals surface area contributed by atoms with Crippen molar-refractivity contribution in [1.29, 1.82) is 0 Å². The fourth-order valence-electron chi connectivity index (χ4n) is 1.09. The van der Waals surface area contributed by atoms with Gasteiger partial charge >= 0.3 is 5.97 Å². The fourth-order valence-corrected chi connectivity index (χ4v) is 1.35. The molecule has 1 amide bonds. The van der Waals surface area contributed by atoms with E-state index in [2.05, 4.69) is 21.2 Å². The van der Waals surface area contributed by atoms with Crippen molar-refractivity contribution in [1.82, 2.24) is 5.32 Å². The highest BCUT2D eigenvalue weighted by Crippen LogP contribution is 2.11. The highest BCUT2D eigenvalue weighted by Gasteiger charge is 2.12. The molecular weight excluding hydrogens is 302 g/mol. The van der Waals surface area contributed by atoms with Crippen LogP contribution >= 0.6 is 15.9 Å². The van der Waals surface area contributed by atoms with E-state index in [4.69, 9.17) is 10.2 Å². The van der Waals surface area contributed by atoms with Gasteiger partial charge in [-0.2, -0.15) is 0 Å². The van der Waals surface area contributed by atoms with E-state index in [9.17, 15) is 9.59 Å². The Morgan fingerprint density at radius 1 is 1.33 bits per heavy atom. The first-order chi connectivity index (χ1) is 8.49. The maximum atomic E-state index is 11.3. The molecule has 6 heteroatoms. The summed E-state index contributed by atoms with van der Waals surface area (Å²) in [5.41, 5.74) is 0.840. The number of nitrogens with one attached hydrogen (secondary N) is 1. The average Bonchev–Trinajstić information content (AvgIpc) is 2.35. The summed E-state index contributed by atoms with van der Waals surface area (Å²) in [5.74, 6) is -1.83. The minimum absolute atomic E-state index is 0.321. The van der Waals surface area contributed by atoms with Gasteiger partial charge in [-0.25, -0.2) is 4.79 Å². The molecular formula is C12H12BrNO4. The Morgan fingerprint density at radius 3 is 2.50 bits per heavy atom. The first-order valence-corrected chi connectivity index (χ1v) is 5.90. The van der Waals surface area contributed by atoms with E-state index in [0.717, 1.165) is 10.0 Å². The molecule has 1 aromatic carbocycles. The molecule has 1 aromatic rings. The number of aliphatic carboxylic acids is 1. The molecule has 0 fully saturated rings. The van der Waals surface area contributed by atoms with Crippen molar-refractivity contribution < 1.29 is 19.8 Å². The van der Waals surface area contributed by atoms with Crippen molar-refractivity contribution in [2.75, 3.05) is 6.54 Å². The Kier molecular flexibility index (Phi) is 5.54. The predicted octanol–water partition coefficient (Wildman–Crippen LogP) is 1.02. The first kappa shape index (κ1) is 14.4. The normalized spacial score (nSPS) is 12.3. The minimum atomic E-state index is -1.59. The van der Waals surface area contributed by atoms with E-state index in [1.807, 2.05) is 24.3 Å². The maximum Gasteiger partial charge on any atom is 0.334 e. The smallest absolute Gasteiger partial charge is 0.334 e. The van der Waals surface area contributed by atoms with Gasteiger partial charge in [-0.3, -0.25) is 4.79 Å². The summed E-state index contributed by atoms with van der Waals surface area (Å²) >= 11 is 3.29. The topological polar surface area (TPSA) is 86.6 Å². The Hall–Kier alpha value is -1.66. The van der Waals surface area contributed by atoms with Gasteiger partial charge in [0.05, 0.1) is 6.54 Å². The number of aliphatic hydroxyl groups excluding tert-OH is 1. The summed E-state index contributed by atoms with van der Waals surface area (Å²) in [5, 5.41) is 19.6. The molecule has 0 saturated carbocycles. The maximum absolute atomic E-state index is 11.3. The van der Waals surface area contributed by atoms with Gasteiger partial charge in [-0.05, 0) is 23.8 Å². The van der Waals surface area contributed by atoms with E-state index < -0.39 is 18.0 Å².